The average molecular weight is 301 g/mol. The molecule has 5 heteroatoms. The minimum atomic E-state index is -1.05. The highest BCUT2D eigenvalue weighted by Crippen LogP contribution is 2.34. The second-order valence-electron chi connectivity index (χ2n) is 7.01. The molecular weight excluding hydrogens is 278 g/mol. The highest BCUT2D eigenvalue weighted by Gasteiger charge is 2.36. The van der Waals surface area contributed by atoms with E-state index in [0.29, 0.717) is 12.2 Å². The van der Waals surface area contributed by atoms with Gasteiger partial charge in [0.1, 0.15) is 5.82 Å². The number of rotatable bonds is 4. The first-order valence-electron chi connectivity index (χ1n) is 7.32. The lowest BCUT2D eigenvalue weighted by Crippen LogP contribution is -2.46. The van der Waals surface area contributed by atoms with Crippen LogP contribution >= 0.6 is 0 Å². The first-order valence-corrected chi connectivity index (χ1v) is 7.32. The summed E-state index contributed by atoms with van der Waals surface area (Å²) in [6.07, 6.45) is 1.33. The van der Waals surface area contributed by atoms with Gasteiger partial charge in [0, 0.05) is 0 Å². The number of aromatic nitrogens is 2. The topological polar surface area (TPSA) is 78.0 Å². The lowest BCUT2D eigenvalue weighted by molar-refractivity contribution is 0.161. The van der Waals surface area contributed by atoms with E-state index >= 15 is 0 Å². The summed E-state index contributed by atoms with van der Waals surface area (Å²) < 4.78 is 0. The molecule has 0 radical (unpaired) electrons. The Kier molecular flexibility index (Phi) is 4.26. The number of H-pyrrole nitrogens is 1. The average Bonchev–Trinajstić information content (AvgIpc) is 2.86. The van der Waals surface area contributed by atoms with E-state index in [9.17, 15) is 9.90 Å². The van der Waals surface area contributed by atoms with Crippen molar-refractivity contribution in [2.45, 2.75) is 39.7 Å². The van der Waals surface area contributed by atoms with Gasteiger partial charge in [0.15, 0.2) is 0 Å². The molecule has 0 bridgehead atoms. The molecule has 1 heterocycles. The molecular formula is C17H23N3O2. The zero-order valence-electron chi connectivity index (χ0n) is 13.5. The Bertz CT molecular complexity index is 643. The number of carboxylic acid groups (broad SMARTS) is 1. The molecule has 0 fully saturated rings. The maximum absolute atomic E-state index is 11.2. The van der Waals surface area contributed by atoms with Crippen molar-refractivity contribution >= 4 is 6.09 Å². The van der Waals surface area contributed by atoms with Crippen LogP contribution in [0.3, 0.4) is 0 Å². The molecule has 2 aromatic rings. The van der Waals surface area contributed by atoms with E-state index in [1.807, 2.05) is 37.3 Å². The van der Waals surface area contributed by atoms with Gasteiger partial charge in [0.25, 0.3) is 0 Å². The van der Waals surface area contributed by atoms with Crippen LogP contribution in [0.1, 0.15) is 39.9 Å². The van der Waals surface area contributed by atoms with Crippen LogP contribution in [0.4, 0.5) is 4.79 Å². The minimum Gasteiger partial charge on any atom is -0.465 e. The summed E-state index contributed by atoms with van der Waals surface area (Å²) >= 11 is 0. The maximum Gasteiger partial charge on any atom is 0.405 e. The SMILES string of the molecule is CC(C)(C)CC(C)(NC(=O)O)c1ncc(-c2ccccc2)[nH]1. The number of benzene rings is 1. The fraction of sp³-hybridized carbons (Fsp3) is 0.412. The van der Waals surface area contributed by atoms with Gasteiger partial charge >= 0.3 is 6.09 Å². The summed E-state index contributed by atoms with van der Waals surface area (Å²) in [4.78, 5) is 18.9. The monoisotopic (exact) mass is 301 g/mol. The van der Waals surface area contributed by atoms with Gasteiger partial charge in [0.2, 0.25) is 0 Å². The standard InChI is InChI=1S/C17H23N3O2/c1-16(2,3)11-17(4,20-15(21)22)14-18-10-13(19-14)12-8-6-5-7-9-12/h5-10,20H,11H2,1-4H3,(H,18,19)(H,21,22). The second kappa shape index (κ2) is 5.83. The van der Waals surface area contributed by atoms with Crippen LogP contribution in [-0.4, -0.2) is 21.2 Å². The molecule has 1 amide bonds. The van der Waals surface area contributed by atoms with E-state index in [2.05, 4.69) is 36.1 Å². The zero-order valence-corrected chi connectivity index (χ0v) is 13.5. The van der Waals surface area contributed by atoms with Gasteiger partial charge in [0.05, 0.1) is 17.4 Å². The quantitative estimate of drug-likeness (QED) is 0.798. The van der Waals surface area contributed by atoms with E-state index in [1.165, 1.54) is 0 Å². The molecule has 0 spiro atoms. The highest BCUT2D eigenvalue weighted by molar-refractivity contribution is 5.66. The second-order valence-corrected chi connectivity index (χ2v) is 7.01. The summed E-state index contributed by atoms with van der Waals surface area (Å²) in [5, 5.41) is 11.8. The van der Waals surface area contributed by atoms with Gasteiger partial charge in [-0.05, 0) is 24.3 Å². The van der Waals surface area contributed by atoms with Crippen molar-refractivity contribution in [1.29, 1.82) is 0 Å². The number of amides is 1. The lowest BCUT2D eigenvalue weighted by atomic mass is 9.80. The highest BCUT2D eigenvalue weighted by atomic mass is 16.4. The normalized spacial score (nSPS) is 14.4. The number of nitrogens with one attached hydrogen (secondary N) is 2. The largest absolute Gasteiger partial charge is 0.465 e. The molecule has 22 heavy (non-hydrogen) atoms. The first kappa shape index (κ1) is 16.1. The van der Waals surface area contributed by atoms with Crippen molar-refractivity contribution in [3.8, 4) is 11.3 Å². The molecule has 0 aliphatic carbocycles. The van der Waals surface area contributed by atoms with Crippen molar-refractivity contribution < 1.29 is 9.90 Å². The Hall–Kier alpha value is -2.30. The maximum atomic E-state index is 11.2. The summed E-state index contributed by atoms with van der Waals surface area (Å²) in [6.45, 7) is 8.10. The van der Waals surface area contributed by atoms with Crippen molar-refractivity contribution in [1.82, 2.24) is 15.3 Å². The lowest BCUT2D eigenvalue weighted by Gasteiger charge is -2.34. The Morgan fingerprint density at radius 2 is 1.86 bits per heavy atom. The van der Waals surface area contributed by atoms with E-state index < -0.39 is 11.6 Å². The van der Waals surface area contributed by atoms with Crippen LogP contribution in [0, 0.1) is 5.41 Å². The van der Waals surface area contributed by atoms with Gasteiger partial charge in [-0.3, -0.25) is 0 Å². The summed E-state index contributed by atoms with van der Waals surface area (Å²) in [5.41, 5.74) is 1.09. The summed E-state index contributed by atoms with van der Waals surface area (Å²) in [7, 11) is 0. The van der Waals surface area contributed by atoms with E-state index in [4.69, 9.17) is 0 Å². The smallest absolute Gasteiger partial charge is 0.405 e. The fourth-order valence-electron chi connectivity index (χ4n) is 2.85. The Morgan fingerprint density at radius 1 is 1.23 bits per heavy atom. The third-order valence-corrected chi connectivity index (χ3v) is 3.45. The van der Waals surface area contributed by atoms with Crippen LogP contribution in [-0.2, 0) is 5.54 Å². The number of hydrogen-bond acceptors (Lipinski definition) is 2. The number of nitrogens with zero attached hydrogens (tertiary/aromatic N) is 1. The molecule has 118 valence electrons. The molecule has 1 unspecified atom stereocenters. The Balaban J connectivity index is 2.36. The minimum absolute atomic E-state index is 0.0447. The van der Waals surface area contributed by atoms with Crippen molar-refractivity contribution in [3.05, 3.63) is 42.4 Å². The number of carbonyl (C=O) groups is 1. The number of aromatic amines is 1. The van der Waals surface area contributed by atoms with Crippen molar-refractivity contribution in [2.24, 2.45) is 5.41 Å². The molecule has 1 atom stereocenters. The van der Waals surface area contributed by atoms with Gasteiger partial charge < -0.3 is 15.4 Å². The van der Waals surface area contributed by atoms with Crippen LogP contribution in [0.2, 0.25) is 0 Å². The predicted octanol–water partition coefficient (Wildman–Crippen LogP) is 4.00. The molecule has 0 saturated heterocycles. The fourth-order valence-corrected chi connectivity index (χ4v) is 2.85. The molecule has 2 rings (SSSR count). The zero-order chi connectivity index (χ0) is 16.4. The van der Waals surface area contributed by atoms with Gasteiger partial charge in [-0.15, -0.1) is 0 Å². The van der Waals surface area contributed by atoms with E-state index in [-0.39, 0.29) is 5.41 Å². The van der Waals surface area contributed by atoms with Gasteiger partial charge in [-0.1, -0.05) is 51.1 Å². The van der Waals surface area contributed by atoms with Gasteiger partial charge in [-0.2, -0.15) is 0 Å². The van der Waals surface area contributed by atoms with Crippen LogP contribution in [0.25, 0.3) is 11.3 Å². The third kappa shape index (κ3) is 3.87. The molecule has 3 N–H and O–H groups in total. The third-order valence-electron chi connectivity index (χ3n) is 3.45. The van der Waals surface area contributed by atoms with Crippen LogP contribution < -0.4 is 5.32 Å². The molecule has 1 aromatic heterocycles. The predicted molar refractivity (Wildman–Crippen MR) is 86.6 cm³/mol. The first-order chi connectivity index (χ1) is 10.2. The van der Waals surface area contributed by atoms with Crippen molar-refractivity contribution in [2.75, 3.05) is 0 Å². The summed E-state index contributed by atoms with van der Waals surface area (Å²) in [6, 6.07) is 9.85. The Labute approximate surface area is 130 Å². The van der Waals surface area contributed by atoms with E-state index in [0.717, 1.165) is 11.3 Å². The van der Waals surface area contributed by atoms with Crippen LogP contribution in [0.15, 0.2) is 36.5 Å². The van der Waals surface area contributed by atoms with Gasteiger partial charge in [-0.25, -0.2) is 9.78 Å². The molecule has 0 saturated carbocycles. The van der Waals surface area contributed by atoms with Crippen LogP contribution in [0.5, 0.6) is 0 Å². The Morgan fingerprint density at radius 3 is 2.41 bits per heavy atom. The van der Waals surface area contributed by atoms with E-state index in [1.54, 1.807) is 6.20 Å². The molecule has 0 aliphatic rings. The molecule has 5 nitrogen and oxygen atoms in total. The molecule has 0 aliphatic heterocycles. The molecule has 1 aromatic carbocycles. The van der Waals surface area contributed by atoms with Crippen molar-refractivity contribution in [3.63, 3.8) is 0 Å². The number of imidazole rings is 1. The summed E-state index contributed by atoms with van der Waals surface area (Å²) in [5.74, 6) is 0.628. The number of hydrogen-bond donors (Lipinski definition) is 3.